The van der Waals surface area contributed by atoms with Crippen LogP contribution < -0.4 is 14.8 Å². The summed E-state index contributed by atoms with van der Waals surface area (Å²) in [5.74, 6) is 0.378. The number of rotatable bonds is 7. The van der Waals surface area contributed by atoms with Gasteiger partial charge in [0.05, 0.1) is 24.2 Å². The van der Waals surface area contributed by atoms with E-state index >= 15 is 0 Å². The summed E-state index contributed by atoms with van der Waals surface area (Å²) in [6.45, 7) is 0.880. The van der Waals surface area contributed by atoms with Crippen LogP contribution in [-0.2, 0) is 14.8 Å². The maximum Gasteiger partial charge on any atom is 0.259 e. The molecule has 0 radical (unpaired) electrons. The van der Waals surface area contributed by atoms with Crippen LogP contribution in [-0.4, -0.2) is 40.7 Å². The first-order chi connectivity index (χ1) is 14.0. The number of nitrogens with one attached hydrogen (secondary N) is 2. The number of carbonyl (C=O) groups is 1. The van der Waals surface area contributed by atoms with Crippen LogP contribution in [0, 0.1) is 0 Å². The molecule has 1 aliphatic carbocycles. The fraction of sp³-hybridized carbons (Fsp3) is 0.381. The Kier molecular flexibility index (Phi) is 5.58. The molecule has 1 heterocycles. The summed E-state index contributed by atoms with van der Waals surface area (Å²) in [4.78, 5) is 13.0. The Balaban J connectivity index is 1.60. The van der Waals surface area contributed by atoms with Gasteiger partial charge in [-0.3, -0.25) is 4.79 Å². The second-order valence-corrected chi connectivity index (χ2v) is 9.07. The number of methoxy groups -OCH3 is 1. The highest BCUT2D eigenvalue weighted by atomic mass is 32.2. The van der Waals surface area contributed by atoms with Crippen molar-refractivity contribution in [3.8, 4) is 5.75 Å². The van der Waals surface area contributed by atoms with Crippen LogP contribution in [0.4, 0.5) is 5.69 Å². The predicted octanol–water partition coefficient (Wildman–Crippen LogP) is 2.89. The second-order valence-electron chi connectivity index (χ2n) is 7.36. The maximum atomic E-state index is 13.0. The lowest BCUT2D eigenvalue weighted by molar-refractivity contribution is 0.102. The van der Waals surface area contributed by atoms with Crippen molar-refractivity contribution in [2.75, 3.05) is 25.6 Å². The van der Waals surface area contributed by atoms with Crippen molar-refractivity contribution in [3.05, 3.63) is 53.6 Å². The first-order valence-corrected chi connectivity index (χ1v) is 11.1. The molecule has 4 rings (SSSR count). The summed E-state index contributed by atoms with van der Waals surface area (Å²) >= 11 is 0. The molecule has 1 saturated heterocycles. The van der Waals surface area contributed by atoms with Gasteiger partial charge in [-0.15, -0.1) is 0 Å². The molecule has 1 amide bonds. The van der Waals surface area contributed by atoms with Crippen molar-refractivity contribution in [2.45, 2.75) is 36.1 Å². The number of sulfonamides is 1. The summed E-state index contributed by atoms with van der Waals surface area (Å²) in [5, 5.41) is 2.92. The van der Waals surface area contributed by atoms with Gasteiger partial charge < -0.3 is 14.8 Å². The standard InChI is InChI=1S/C21H24N2O5S/c1-27-20-9-8-16(29(25,26)23-15-10-11-28-13-15)12-18(20)21(24)22-19-5-3-2-4-17(19)14-6-7-14/h2-5,8-9,12,14-15,23H,6-7,10-11,13H2,1H3,(H,22,24)/t15-/m0/s1. The molecule has 1 atom stereocenters. The first-order valence-electron chi connectivity index (χ1n) is 9.66. The van der Waals surface area contributed by atoms with Crippen molar-refractivity contribution in [1.82, 2.24) is 4.72 Å². The predicted molar refractivity (Wildman–Crippen MR) is 109 cm³/mol. The van der Waals surface area contributed by atoms with Crippen molar-refractivity contribution >= 4 is 21.6 Å². The molecule has 1 saturated carbocycles. The minimum Gasteiger partial charge on any atom is -0.496 e. The topological polar surface area (TPSA) is 93.7 Å². The molecule has 154 valence electrons. The minimum absolute atomic E-state index is 0.0193. The van der Waals surface area contributed by atoms with E-state index in [1.807, 2.05) is 24.3 Å². The molecule has 7 nitrogen and oxygen atoms in total. The summed E-state index contributed by atoms with van der Waals surface area (Å²) in [6.07, 6.45) is 2.85. The van der Waals surface area contributed by atoms with Crippen molar-refractivity contribution < 1.29 is 22.7 Å². The average molecular weight is 416 g/mol. The third kappa shape index (κ3) is 4.44. The second kappa shape index (κ2) is 8.14. The monoisotopic (exact) mass is 416 g/mol. The Morgan fingerprint density at radius 1 is 1.14 bits per heavy atom. The van der Waals surface area contributed by atoms with E-state index in [9.17, 15) is 13.2 Å². The van der Waals surface area contributed by atoms with Crippen LogP contribution >= 0.6 is 0 Å². The Morgan fingerprint density at radius 3 is 2.62 bits per heavy atom. The number of ether oxygens (including phenoxy) is 2. The van der Waals surface area contributed by atoms with Crippen LogP contribution in [0.15, 0.2) is 47.4 Å². The third-order valence-corrected chi connectivity index (χ3v) is 6.72. The Bertz CT molecular complexity index is 1010. The zero-order valence-corrected chi connectivity index (χ0v) is 17.0. The van der Waals surface area contributed by atoms with Gasteiger partial charge in [-0.1, -0.05) is 18.2 Å². The Morgan fingerprint density at radius 2 is 1.93 bits per heavy atom. The van der Waals surface area contributed by atoms with E-state index in [-0.39, 0.29) is 16.5 Å². The quantitative estimate of drug-likeness (QED) is 0.724. The van der Waals surface area contributed by atoms with Crippen molar-refractivity contribution in [3.63, 3.8) is 0 Å². The van der Waals surface area contributed by atoms with E-state index in [0.29, 0.717) is 31.3 Å². The molecule has 1 aliphatic heterocycles. The zero-order valence-electron chi connectivity index (χ0n) is 16.2. The zero-order chi connectivity index (χ0) is 20.4. The fourth-order valence-electron chi connectivity index (χ4n) is 3.50. The highest BCUT2D eigenvalue weighted by molar-refractivity contribution is 7.89. The number of amides is 1. The van der Waals surface area contributed by atoms with E-state index in [2.05, 4.69) is 10.0 Å². The van der Waals surface area contributed by atoms with Gasteiger partial charge in [-0.2, -0.15) is 0 Å². The van der Waals surface area contributed by atoms with Gasteiger partial charge in [-0.25, -0.2) is 13.1 Å². The van der Waals surface area contributed by atoms with Gasteiger partial charge >= 0.3 is 0 Å². The number of hydrogen-bond acceptors (Lipinski definition) is 5. The van der Waals surface area contributed by atoms with Crippen LogP contribution in [0.5, 0.6) is 5.75 Å². The molecule has 0 unspecified atom stereocenters. The molecular weight excluding hydrogens is 392 g/mol. The summed E-state index contributed by atoms with van der Waals surface area (Å²) in [5.41, 5.74) is 2.02. The molecule has 2 aliphatic rings. The largest absolute Gasteiger partial charge is 0.496 e. The minimum atomic E-state index is -3.77. The lowest BCUT2D eigenvalue weighted by Crippen LogP contribution is -2.35. The molecule has 8 heteroatoms. The van der Waals surface area contributed by atoms with Crippen molar-refractivity contribution in [2.24, 2.45) is 0 Å². The SMILES string of the molecule is COc1ccc(S(=O)(=O)N[C@H]2CCOC2)cc1C(=O)Nc1ccccc1C1CC1. The van der Waals surface area contributed by atoms with Gasteiger partial charge in [-0.05, 0) is 55.0 Å². The average Bonchev–Trinajstić information content (AvgIpc) is 3.44. The van der Waals surface area contributed by atoms with Gasteiger partial charge in [0, 0.05) is 18.3 Å². The number of carbonyl (C=O) groups excluding carboxylic acids is 1. The molecule has 2 N–H and O–H groups in total. The fourth-order valence-corrected chi connectivity index (χ4v) is 4.78. The van der Waals surface area contributed by atoms with Crippen LogP contribution in [0.25, 0.3) is 0 Å². The van der Waals surface area contributed by atoms with Gasteiger partial charge in [0.1, 0.15) is 5.75 Å². The molecule has 2 aromatic rings. The Labute approximate surface area is 170 Å². The maximum absolute atomic E-state index is 13.0. The molecule has 0 aromatic heterocycles. The lowest BCUT2D eigenvalue weighted by Gasteiger charge is -2.15. The van der Waals surface area contributed by atoms with E-state index < -0.39 is 15.9 Å². The van der Waals surface area contributed by atoms with Crippen LogP contribution in [0.3, 0.4) is 0 Å². The van der Waals surface area contributed by atoms with E-state index in [4.69, 9.17) is 9.47 Å². The number of hydrogen-bond donors (Lipinski definition) is 2. The molecule has 0 bridgehead atoms. The Hall–Kier alpha value is -2.42. The van der Waals surface area contributed by atoms with Gasteiger partial charge in [0.2, 0.25) is 10.0 Å². The molecule has 29 heavy (non-hydrogen) atoms. The van der Waals surface area contributed by atoms with Crippen molar-refractivity contribution in [1.29, 1.82) is 0 Å². The first kappa shape index (κ1) is 19.9. The molecule has 2 aromatic carbocycles. The highest BCUT2D eigenvalue weighted by Gasteiger charge is 2.28. The van der Waals surface area contributed by atoms with E-state index in [1.54, 1.807) is 0 Å². The third-order valence-electron chi connectivity index (χ3n) is 5.20. The van der Waals surface area contributed by atoms with Crippen LogP contribution in [0.1, 0.15) is 41.1 Å². The normalized spacial score (nSPS) is 19.1. The molecule has 2 fully saturated rings. The van der Waals surface area contributed by atoms with Crippen LogP contribution in [0.2, 0.25) is 0 Å². The number of para-hydroxylation sites is 1. The number of benzene rings is 2. The number of anilines is 1. The summed E-state index contributed by atoms with van der Waals surface area (Å²) in [6, 6.07) is 11.7. The summed E-state index contributed by atoms with van der Waals surface area (Å²) < 4.78 is 38.6. The van der Waals surface area contributed by atoms with Gasteiger partial charge in [0.15, 0.2) is 0 Å². The van der Waals surface area contributed by atoms with Gasteiger partial charge in [0.25, 0.3) is 5.91 Å². The van der Waals surface area contributed by atoms with E-state index in [0.717, 1.165) is 24.1 Å². The smallest absolute Gasteiger partial charge is 0.259 e. The van der Waals surface area contributed by atoms with E-state index in [1.165, 1.54) is 25.3 Å². The lowest BCUT2D eigenvalue weighted by atomic mass is 10.1. The summed E-state index contributed by atoms with van der Waals surface area (Å²) in [7, 11) is -2.32. The molecular formula is C21H24N2O5S. The molecule has 0 spiro atoms. The highest BCUT2D eigenvalue weighted by Crippen LogP contribution is 2.43.